The molecule has 1 heterocycles. The number of carbonyl (C=O) groups excluding carboxylic acids is 3. The van der Waals surface area contributed by atoms with E-state index in [1.807, 2.05) is 35.7 Å². The molecule has 2 amide bonds. The van der Waals surface area contributed by atoms with Crippen LogP contribution in [0.15, 0.2) is 60.0 Å². The van der Waals surface area contributed by atoms with Crippen molar-refractivity contribution in [3.05, 3.63) is 70.6 Å². The summed E-state index contributed by atoms with van der Waals surface area (Å²) in [4.78, 5) is 37.1. The first-order valence-corrected chi connectivity index (χ1v) is 12.2. The average molecular weight is 489 g/mol. The van der Waals surface area contributed by atoms with Crippen molar-refractivity contribution in [3.8, 4) is 11.1 Å². The van der Waals surface area contributed by atoms with Gasteiger partial charge < -0.3 is 15.4 Å². The first kappa shape index (κ1) is 23.8. The van der Waals surface area contributed by atoms with Crippen LogP contribution in [0, 0.1) is 0 Å². The molecule has 1 aromatic heterocycles. The fourth-order valence-corrected chi connectivity index (χ4v) is 4.53. The van der Waals surface area contributed by atoms with Crippen molar-refractivity contribution < 1.29 is 19.1 Å². The molecule has 3 rings (SSSR count). The van der Waals surface area contributed by atoms with E-state index < -0.39 is 5.97 Å². The summed E-state index contributed by atoms with van der Waals surface area (Å²) in [5.74, 6) is -0.839. The quantitative estimate of drug-likeness (QED) is 0.385. The number of halogens is 1. The van der Waals surface area contributed by atoms with E-state index in [0.29, 0.717) is 26.8 Å². The van der Waals surface area contributed by atoms with Crippen molar-refractivity contribution in [2.75, 3.05) is 28.7 Å². The summed E-state index contributed by atoms with van der Waals surface area (Å²) in [6, 6.07) is 16.2. The fourth-order valence-electron chi connectivity index (χ4n) is 2.82. The molecular weight excluding hydrogens is 468 g/mol. The summed E-state index contributed by atoms with van der Waals surface area (Å²) >= 11 is 8.27. The highest BCUT2D eigenvalue weighted by molar-refractivity contribution is 8.00. The summed E-state index contributed by atoms with van der Waals surface area (Å²) < 4.78 is 5.20. The van der Waals surface area contributed by atoms with Crippen molar-refractivity contribution in [3.63, 3.8) is 0 Å². The highest BCUT2D eigenvalue weighted by Crippen LogP contribution is 2.36. The molecule has 0 saturated carbocycles. The molecule has 2 aromatic carbocycles. The van der Waals surface area contributed by atoms with Crippen LogP contribution in [0.3, 0.4) is 0 Å². The number of amides is 2. The Morgan fingerprint density at radius 3 is 2.28 bits per heavy atom. The monoisotopic (exact) mass is 488 g/mol. The highest BCUT2D eigenvalue weighted by atomic mass is 35.5. The number of hydrogen-bond donors (Lipinski definition) is 2. The zero-order valence-corrected chi connectivity index (χ0v) is 19.6. The van der Waals surface area contributed by atoms with Crippen LogP contribution >= 0.6 is 34.7 Å². The van der Waals surface area contributed by atoms with Gasteiger partial charge in [-0.3, -0.25) is 9.59 Å². The normalized spacial score (nSPS) is 10.4. The second-order valence-electron chi connectivity index (χ2n) is 6.54. The van der Waals surface area contributed by atoms with E-state index >= 15 is 0 Å². The molecule has 9 heteroatoms. The van der Waals surface area contributed by atoms with E-state index in [1.54, 1.807) is 31.2 Å². The van der Waals surface area contributed by atoms with Gasteiger partial charge in [0, 0.05) is 21.7 Å². The van der Waals surface area contributed by atoms with E-state index in [1.165, 1.54) is 23.1 Å². The standard InChI is InChI=1S/C23H21ClN2O4S2/c1-2-30-23(29)21-18(15-6-4-3-5-7-15)12-32-22(21)26-20(28)14-31-13-19(27)25-17-10-8-16(24)9-11-17/h3-12H,2,13-14H2,1H3,(H,25,27)(H,26,28). The molecule has 0 atom stereocenters. The molecule has 2 N–H and O–H groups in total. The summed E-state index contributed by atoms with van der Waals surface area (Å²) in [5, 5.41) is 8.36. The molecule has 0 fully saturated rings. The molecule has 166 valence electrons. The van der Waals surface area contributed by atoms with Crippen LogP contribution < -0.4 is 10.6 Å². The third-order valence-corrected chi connectivity index (χ3v) is 6.28. The minimum absolute atomic E-state index is 0.0644. The SMILES string of the molecule is CCOC(=O)c1c(-c2ccccc2)csc1NC(=O)CSCC(=O)Nc1ccc(Cl)cc1. The predicted octanol–water partition coefficient (Wildman–Crippen LogP) is 5.56. The Labute approximate surface area is 199 Å². The number of esters is 1. The highest BCUT2D eigenvalue weighted by Gasteiger charge is 2.22. The number of anilines is 2. The minimum atomic E-state index is -0.488. The number of hydrogen-bond acceptors (Lipinski definition) is 6. The summed E-state index contributed by atoms with van der Waals surface area (Å²) in [7, 11) is 0. The van der Waals surface area contributed by atoms with E-state index in [4.69, 9.17) is 16.3 Å². The van der Waals surface area contributed by atoms with Crippen LogP contribution in [0.25, 0.3) is 11.1 Å². The minimum Gasteiger partial charge on any atom is -0.462 e. The van der Waals surface area contributed by atoms with Gasteiger partial charge in [0.25, 0.3) is 0 Å². The van der Waals surface area contributed by atoms with Crippen LogP contribution in [0.1, 0.15) is 17.3 Å². The van der Waals surface area contributed by atoms with Crippen molar-refractivity contribution in [1.29, 1.82) is 0 Å². The van der Waals surface area contributed by atoms with Gasteiger partial charge in [0.1, 0.15) is 10.6 Å². The van der Waals surface area contributed by atoms with E-state index in [2.05, 4.69) is 10.6 Å². The second-order valence-corrected chi connectivity index (χ2v) is 8.84. The van der Waals surface area contributed by atoms with Gasteiger partial charge >= 0.3 is 5.97 Å². The second kappa shape index (κ2) is 11.7. The molecule has 0 bridgehead atoms. The average Bonchev–Trinajstić information content (AvgIpc) is 3.19. The molecule has 0 saturated heterocycles. The first-order valence-electron chi connectivity index (χ1n) is 9.75. The number of rotatable bonds is 9. The van der Waals surface area contributed by atoms with Crippen LogP contribution in [-0.4, -0.2) is 35.9 Å². The summed E-state index contributed by atoms with van der Waals surface area (Å²) in [6.07, 6.45) is 0. The van der Waals surface area contributed by atoms with Gasteiger partial charge in [0.2, 0.25) is 11.8 Å². The number of ether oxygens (including phenoxy) is 1. The molecule has 0 aliphatic heterocycles. The number of thiophene rings is 1. The van der Waals surface area contributed by atoms with Crippen LogP contribution in [0.4, 0.5) is 10.7 Å². The van der Waals surface area contributed by atoms with Crippen LogP contribution in [-0.2, 0) is 14.3 Å². The van der Waals surface area contributed by atoms with Crippen molar-refractivity contribution >= 4 is 63.2 Å². The number of nitrogens with one attached hydrogen (secondary N) is 2. The molecule has 0 aliphatic carbocycles. The Morgan fingerprint density at radius 2 is 1.62 bits per heavy atom. The summed E-state index contributed by atoms with van der Waals surface area (Å²) in [5.41, 5.74) is 2.54. The van der Waals surface area contributed by atoms with Gasteiger partial charge in [0.15, 0.2) is 0 Å². The predicted molar refractivity (Wildman–Crippen MR) is 132 cm³/mol. The molecule has 3 aromatic rings. The van der Waals surface area contributed by atoms with Crippen molar-refractivity contribution in [2.45, 2.75) is 6.92 Å². The van der Waals surface area contributed by atoms with E-state index in [0.717, 1.165) is 5.56 Å². The smallest absolute Gasteiger partial charge is 0.341 e. The van der Waals surface area contributed by atoms with Gasteiger partial charge in [-0.1, -0.05) is 41.9 Å². The maximum Gasteiger partial charge on any atom is 0.341 e. The van der Waals surface area contributed by atoms with Gasteiger partial charge in [-0.25, -0.2) is 4.79 Å². The first-order chi connectivity index (χ1) is 15.5. The third kappa shape index (κ3) is 6.59. The zero-order valence-electron chi connectivity index (χ0n) is 17.2. The number of thioether (sulfide) groups is 1. The lowest BCUT2D eigenvalue weighted by Crippen LogP contribution is -2.19. The molecule has 0 unspecified atom stereocenters. The molecular formula is C23H21ClN2O4S2. The van der Waals surface area contributed by atoms with Crippen molar-refractivity contribution in [2.24, 2.45) is 0 Å². The van der Waals surface area contributed by atoms with Crippen LogP contribution in [0.2, 0.25) is 5.02 Å². The molecule has 0 radical (unpaired) electrons. The number of benzene rings is 2. The lowest BCUT2D eigenvalue weighted by atomic mass is 10.0. The Bertz CT molecular complexity index is 1090. The topological polar surface area (TPSA) is 84.5 Å². The largest absolute Gasteiger partial charge is 0.462 e. The maximum absolute atomic E-state index is 12.6. The zero-order chi connectivity index (χ0) is 22.9. The Balaban J connectivity index is 1.59. The van der Waals surface area contributed by atoms with Crippen LogP contribution in [0.5, 0.6) is 0 Å². The Hall–Kier alpha value is -2.81. The van der Waals surface area contributed by atoms with E-state index in [-0.39, 0.29) is 29.9 Å². The fraction of sp³-hybridized carbons (Fsp3) is 0.174. The van der Waals surface area contributed by atoms with Gasteiger partial charge in [-0.05, 0) is 36.8 Å². The third-order valence-electron chi connectivity index (χ3n) is 4.20. The van der Waals surface area contributed by atoms with E-state index in [9.17, 15) is 14.4 Å². The maximum atomic E-state index is 12.6. The lowest BCUT2D eigenvalue weighted by molar-refractivity contribution is -0.114. The molecule has 0 aliphatic rings. The van der Waals surface area contributed by atoms with Crippen molar-refractivity contribution in [1.82, 2.24) is 0 Å². The van der Waals surface area contributed by atoms with Gasteiger partial charge in [0.05, 0.1) is 18.1 Å². The molecule has 6 nitrogen and oxygen atoms in total. The molecule has 0 spiro atoms. The van der Waals surface area contributed by atoms with Gasteiger partial charge in [-0.15, -0.1) is 23.1 Å². The Kier molecular flexibility index (Phi) is 8.72. The number of carbonyl (C=O) groups is 3. The van der Waals surface area contributed by atoms with Gasteiger partial charge in [-0.2, -0.15) is 0 Å². The summed E-state index contributed by atoms with van der Waals surface area (Å²) in [6.45, 7) is 1.96. The Morgan fingerprint density at radius 1 is 0.969 bits per heavy atom. The molecule has 32 heavy (non-hydrogen) atoms. The lowest BCUT2D eigenvalue weighted by Gasteiger charge is -2.09.